The van der Waals surface area contributed by atoms with Gasteiger partial charge in [0.2, 0.25) is 11.8 Å². The number of fused-ring (bicyclic) bond motifs is 1. The summed E-state index contributed by atoms with van der Waals surface area (Å²) >= 11 is 0. The van der Waals surface area contributed by atoms with Gasteiger partial charge in [-0.25, -0.2) is 0 Å². The fourth-order valence-corrected chi connectivity index (χ4v) is 3.70. The first-order valence-electron chi connectivity index (χ1n) is 10.1. The highest BCUT2D eigenvalue weighted by Gasteiger charge is 2.14. The Kier molecular flexibility index (Phi) is 5.73. The third kappa shape index (κ3) is 4.59. The summed E-state index contributed by atoms with van der Waals surface area (Å²) in [6, 6.07) is 12.9. The summed E-state index contributed by atoms with van der Waals surface area (Å²) < 4.78 is 0. The van der Waals surface area contributed by atoms with E-state index >= 15 is 0 Å². The average molecular weight is 419 g/mol. The summed E-state index contributed by atoms with van der Waals surface area (Å²) in [5, 5.41) is 13.9. The Balaban J connectivity index is 1.60. The monoisotopic (exact) mass is 419 g/mol. The average Bonchev–Trinajstić information content (AvgIpc) is 2.74. The Morgan fingerprint density at radius 1 is 1.10 bits per heavy atom. The van der Waals surface area contributed by atoms with Crippen LogP contribution in [0.4, 0.5) is 17.1 Å². The number of rotatable bonds is 4. The van der Waals surface area contributed by atoms with Gasteiger partial charge >= 0.3 is 0 Å². The fourth-order valence-electron chi connectivity index (χ4n) is 3.70. The van der Waals surface area contributed by atoms with Crippen molar-refractivity contribution in [1.82, 2.24) is 9.88 Å². The Morgan fingerprint density at radius 2 is 1.81 bits per heavy atom. The number of pyridine rings is 1. The third-order valence-electron chi connectivity index (χ3n) is 5.42. The maximum absolute atomic E-state index is 12.3. The molecule has 1 aromatic heterocycles. The molecule has 1 amide bonds. The number of benzene rings is 2. The Labute approximate surface area is 179 Å². The number of anilines is 2. The van der Waals surface area contributed by atoms with Crippen LogP contribution in [-0.2, 0) is 4.79 Å². The number of hydrogen-bond donors (Lipinski definition) is 3. The van der Waals surface area contributed by atoms with Crippen LogP contribution >= 0.6 is 0 Å². The standard InChI is InChI=1S/C23H25N5O3/c1-15(29)25-17-5-8-19-20(13-17)22(30)26-23(31)21(19)14-24-16-3-6-18(7-4-16)28-11-9-27(2)10-12-28/h3-8,13-14H,9-12H2,1-2H3,(H,25,29)(H2,26,30,31). The number of carbonyl (C=O) groups is 1. The van der Waals surface area contributed by atoms with Crippen LogP contribution in [0, 0.1) is 0 Å². The van der Waals surface area contributed by atoms with Crippen molar-refractivity contribution in [2.24, 2.45) is 4.99 Å². The second-order valence-corrected chi connectivity index (χ2v) is 7.72. The molecule has 4 rings (SSSR count). The van der Waals surface area contributed by atoms with E-state index < -0.39 is 5.56 Å². The molecule has 0 bridgehead atoms. The first kappa shape index (κ1) is 20.6. The molecule has 1 aliphatic heterocycles. The second kappa shape index (κ2) is 8.61. The largest absolute Gasteiger partial charge is 0.494 e. The molecule has 0 aliphatic carbocycles. The molecule has 160 valence electrons. The molecular weight excluding hydrogens is 394 g/mol. The van der Waals surface area contributed by atoms with Gasteiger partial charge in [0.15, 0.2) is 0 Å². The molecule has 0 radical (unpaired) electrons. The lowest BCUT2D eigenvalue weighted by Crippen LogP contribution is -2.44. The van der Waals surface area contributed by atoms with E-state index in [4.69, 9.17) is 0 Å². The molecule has 3 aromatic rings. The minimum absolute atomic E-state index is 0.226. The maximum Gasteiger partial charge on any atom is 0.258 e. The molecule has 2 heterocycles. The van der Waals surface area contributed by atoms with Crippen molar-refractivity contribution in [2.45, 2.75) is 6.92 Å². The van der Waals surface area contributed by atoms with Crippen LogP contribution in [0.25, 0.3) is 10.8 Å². The molecule has 0 saturated carbocycles. The molecule has 8 heteroatoms. The number of H-pyrrole nitrogens is 1. The number of carbonyl (C=O) groups excluding carboxylic acids is 1. The highest BCUT2D eigenvalue weighted by Crippen LogP contribution is 2.25. The number of aliphatic imine (C=N–C) groups is 1. The Bertz CT molecular complexity index is 1190. The highest BCUT2D eigenvalue weighted by molar-refractivity contribution is 6.03. The lowest BCUT2D eigenvalue weighted by Gasteiger charge is -2.34. The van der Waals surface area contributed by atoms with Crippen LogP contribution in [-0.4, -0.2) is 60.3 Å². The molecule has 8 nitrogen and oxygen atoms in total. The van der Waals surface area contributed by atoms with E-state index in [1.165, 1.54) is 13.1 Å². The molecule has 0 atom stereocenters. The Morgan fingerprint density at radius 3 is 2.48 bits per heavy atom. The molecule has 2 aromatic carbocycles. The van der Waals surface area contributed by atoms with Crippen molar-refractivity contribution in [2.75, 3.05) is 43.4 Å². The van der Waals surface area contributed by atoms with E-state index in [0.29, 0.717) is 22.0 Å². The minimum atomic E-state index is -0.437. The summed E-state index contributed by atoms with van der Waals surface area (Å²) in [4.78, 5) is 35.2. The van der Waals surface area contributed by atoms with E-state index in [2.05, 4.69) is 32.1 Å². The smallest absolute Gasteiger partial charge is 0.258 e. The summed E-state index contributed by atoms with van der Waals surface area (Å²) in [7, 11) is 2.13. The normalized spacial score (nSPS) is 15.0. The van der Waals surface area contributed by atoms with Crippen LogP contribution in [0.1, 0.15) is 12.5 Å². The molecule has 1 fully saturated rings. The van der Waals surface area contributed by atoms with Crippen LogP contribution in [0.15, 0.2) is 52.3 Å². The van der Waals surface area contributed by atoms with Gasteiger partial charge in [-0.3, -0.25) is 19.6 Å². The maximum atomic E-state index is 12.3. The number of piperazine rings is 1. The van der Waals surface area contributed by atoms with Gasteiger partial charge in [0.25, 0.3) is 5.56 Å². The molecular formula is C23H25N5O3. The number of hydrogen-bond acceptors (Lipinski definition) is 6. The number of nitrogens with one attached hydrogen (secondary N) is 2. The van der Waals surface area contributed by atoms with Crippen LogP contribution < -0.4 is 15.8 Å². The molecule has 31 heavy (non-hydrogen) atoms. The van der Waals surface area contributed by atoms with Crippen LogP contribution in [0.3, 0.4) is 0 Å². The van der Waals surface area contributed by atoms with Crippen molar-refractivity contribution < 1.29 is 9.90 Å². The molecule has 0 unspecified atom stereocenters. The fraction of sp³-hybridized carbons (Fsp3) is 0.261. The summed E-state index contributed by atoms with van der Waals surface area (Å²) in [6.07, 6.45) is 1.54. The SMILES string of the molecule is CC(=O)Nc1ccc2c(C=Nc3ccc(N4CCN(C)CC4)cc3)c(O)[nH]c(=O)c2c1. The number of likely N-dealkylation sites (N-methyl/N-ethyl adjacent to an activating group) is 1. The van der Waals surface area contributed by atoms with Crippen molar-refractivity contribution in [3.63, 3.8) is 0 Å². The van der Waals surface area contributed by atoms with E-state index in [1.54, 1.807) is 18.2 Å². The number of aromatic amines is 1. The second-order valence-electron chi connectivity index (χ2n) is 7.72. The van der Waals surface area contributed by atoms with Gasteiger partial charge < -0.3 is 20.2 Å². The molecule has 1 saturated heterocycles. The minimum Gasteiger partial charge on any atom is -0.494 e. The van der Waals surface area contributed by atoms with Crippen molar-refractivity contribution in [1.29, 1.82) is 0 Å². The highest BCUT2D eigenvalue weighted by atomic mass is 16.3. The number of amides is 1. The first-order chi connectivity index (χ1) is 14.9. The topological polar surface area (TPSA) is 101 Å². The first-order valence-corrected chi connectivity index (χ1v) is 10.1. The number of aromatic hydroxyl groups is 1. The van der Waals surface area contributed by atoms with Crippen LogP contribution in [0.5, 0.6) is 5.88 Å². The Hall–Kier alpha value is -3.65. The van der Waals surface area contributed by atoms with Gasteiger partial charge in [-0.1, -0.05) is 6.07 Å². The van der Waals surface area contributed by atoms with Gasteiger partial charge in [0.05, 0.1) is 11.3 Å². The van der Waals surface area contributed by atoms with Crippen molar-refractivity contribution in [3.05, 3.63) is 58.4 Å². The molecule has 3 N–H and O–H groups in total. The van der Waals surface area contributed by atoms with E-state index in [9.17, 15) is 14.7 Å². The summed E-state index contributed by atoms with van der Waals surface area (Å²) in [5.41, 5.74) is 2.39. The van der Waals surface area contributed by atoms with Gasteiger partial charge in [-0.15, -0.1) is 0 Å². The lowest BCUT2D eigenvalue weighted by molar-refractivity contribution is -0.114. The quantitative estimate of drug-likeness (QED) is 0.565. The zero-order chi connectivity index (χ0) is 22.0. The van der Waals surface area contributed by atoms with Gasteiger partial charge in [0.1, 0.15) is 0 Å². The summed E-state index contributed by atoms with van der Waals surface area (Å²) in [6.45, 7) is 5.48. The third-order valence-corrected chi connectivity index (χ3v) is 5.42. The van der Waals surface area contributed by atoms with Gasteiger partial charge in [0, 0.05) is 61.5 Å². The van der Waals surface area contributed by atoms with Crippen molar-refractivity contribution >= 4 is 40.0 Å². The number of aromatic nitrogens is 1. The predicted molar refractivity (Wildman–Crippen MR) is 124 cm³/mol. The number of nitrogens with zero attached hydrogens (tertiary/aromatic N) is 3. The van der Waals surface area contributed by atoms with Gasteiger partial charge in [-0.05, 0) is 43.4 Å². The van der Waals surface area contributed by atoms with Crippen molar-refractivity contribution in [3.8, 4) is 5.88 Å². The zero-order valence-electron chi connectivity index (χ0n) is 17.6. The lowest BCUT2D eigenvalue weighted by atomic mass is 10.1. The zero-order valence-corrected chi connectivity index (χ0v) is 17.6. The van der Waals surface area contributed by atoms with Crippen LogP contribution in [0.2, 0.25) is 0 Å². The van der Waals surface area contributed by atoms with Gasteiger partial charge in [-0.2, -0.15) is 0 Å². The predicted octanol–water partition coefficient (Wildman–Crippen LogP) is 2.69. The van der Waals surface area contributed by atoms with E-state index in [1.807, 2.05) is 24.3 Å². The van der Waals surface area contributed by atoms with E-state index in [-0.39, 0.29) is 11.8 Å². The summed E-state index contributed by atoms with van der Waals surface area (Å²) in [5.74, 6) is -0.473. The van der Waals surface area contributed by atoms with E-state index in [0.717, 1.165) is 37.6 Å². The molecule has 0 spiro atoms. The molecule has 1 aliphatic rings.